The molecule has 0 aliphatic heterocycles. The SMILES string of the molecule is Cc1c(CNCC(O)C(F)(F)F)cnn1C. The fourth-order valence-electron chi connectivity index (χ4n) is 1.18. The first-order chi connectivity index (χ1) is 7.32. The lowest BCUT2D eigenvalue weighted by molar-refractivity contribution is -0.201. The number of hydrogen-bond acceptors (Lipinski definition) is 3. The van der Waals surface area contributed by atoms with E-state index in [4.69, 9.17) is 5.11 Å². The number of rotatable bonds is 4. The first-order valence-corrected chi connectivity index (χ1v) is 4.75. The highest BCUT2D eigenvalue weighted by Gasteiger charge is 2.37. The van der Waals surface area contributed by atoms with E-state index in [1.165, 1.54) is 0 Å². The number of halogens is 3. The number of alkyl halides is 3. The van der Waals surface area contributed by atoms with Crippen LogP contribution in [0.3, 0.4) is 0 Å². The Morgan fingerprint density at radius 2 is 2.19 bits per heavy atom. The van der Waals surface area contributed by atoms with Gasteiger partial charge in [-0.25, -0.2) is 0 Å². The molecule has 0 aliphatic rings. The van der Waals surface area contributed by atoms with E-state index in [-0.39, 0.29) is 6.54 Å². The second-order valence-electron chi connectivity index (χ2n) is 3.57. The van der Waals surface area contributed by atoms with Crippen molar-refractivity contribution in [2.24, 2.45) is 7.05 Å². The minimum atomic E-state index is -4.57. The van der Waals surface area contributed by atoms with Crippen LogP contribution in [0.2, 0.25) is 0 Å². The Balaban J connectivity index is 2.39. The molecule has 0 aliphatic carbocycles. The van der Waals surface area contributed by atoms with Gasteiger partial charge in [-0.3, -0.25) is 4.68 Å². The van der Waals surface area contributed by atoms with Gasteiger partial charge in [0.15, 0.2) is 6.10 Å². The highest BCUT2D eigenvalue weighted by atomic mass is 19.4. The van der Waals surface area contributed by atoms with Crippen LogP contribution in [0.4, 0.5) is 13.2 Å². The van der Waals surface area contributed by atoms with Gasteiger partial charge in [0.25, 0.3) is 0 Å². The predicted molar refractivity (Wildman–Crippen MR) is 51.7 cm³/mol. The Bertz CT molecular complexity index is 348. The molecule has 0 bridgehead atoms. The zero-order valence-electron chi connectivity index (χ0n) is 9.04. The van der Waals surface area contributed by atoms with Crippen molar-refractivity contribution in [1.82, 2.24) is 15.1 Å². The van der Waals surface area contributed by atoms with Crippen molar-refractivity contribution < 1.29 is 18.3 Å². The molecule has 0 spiro atoms. The molecule has 92 valence electrons. The van der Waals surface area contributed by atoms with E-state index >= 15 is 0 Å². The van der Waals surface area contributed by atoms with Gasteiger partial charge in [0.05, 0.1) is 6.20 Å². The van der Waals surface area contributed by atoms with Crippen molar-refractivity contribution in [2.75, 3.05) is 6.54 Å². The average molecular weight is 237 g/mol. The summed E-state index contributed by atoms with van der Waals surface area (Å²) in [7, 11) is 1.75. The predicted octanol–water partition coefficient (Wildman–Crippen LogP) is 0.741. The van der Waals surface area contributed by atoms with Gasteiger partial charge in [0.1, 0.15) is 0 Å². The normalized spacial score (nSPS) is 14.1. The zero-order chi connectivity index (χ0) is 12.3. The lowest BCUT2D eigenvalue weighted by Crippen LogP contribution is -2.38. The highest BCUT2D eigenvalue weighted by Crippen LogP contribution is 2.19. The fraction of sp³-hybridized carbons (Fsp3) is 0.667. The van der Waals surface area contributed by atoms with Gasteiger partial charge in [-0.1, -0.05) is 0 Å². The molecule has 0 radical (unpaired) electrons. The number of aryl methyl sites for hydroxylation is 1. The summed E-state index contributed by atoms with van der Waals surface area (Å²) in [5.41, 5.74) is 1.70. The van der Waals surface area contributed by atoms with Crippen LogP contribution in [0.1, 0.15) is 11.3 Å². The molecule has 0 aromatic carbocycles. The third-order valence-electron chi connectivity index (χ3n) is 2.37. The van der Waals surface area contributed by atoms with Crippen molar-refractivity contribution in [3.63, 3.8) is 0 Å². The van der Waals surface area contributed by atoms with Crippen LogP contribution in [0.25, 0.3) is 0 Å². The molecule has 1 unspecified atom stereocenters. The molecule has 0 saturated carbocycles. The molecule has 1 atom stereocenters. The van der Waals surface area contributed by atoms with Crippen molar-refractivity contribution in [3.05, 3.63) is 17.5 Å². The van der Waals surface area contributed by atoms with E-state index in [0.29, 0.717) is 0 Å². The zero-order valence-corrected chi connectivity index (χ0v) is 9.04. The molecule has 1 aromatic rings. The maximum absolute atomic E-state index is 12.0. The van der Waals surface area contributed by atoms with Crippen molar-refractivity contribution in [2.45, 2.75) is 25.7 Å². The Labute approximate surface area is 91.1 Å². The maximum Gasteiger partial charge on any atom is 0.415 e. The van der Waals surface area contributed by atoms with Crippen LogP contribution in [-0.4, -0.2) is 33.7 Å². The minimum Gasteiger partial charge on any atom is -0.382 e. The first-order valence-electron chi connectivity index (χ1n) is 4.75. The molecule has 16 heavy (non-hydrogen) atoms. The molecule has 7 heteroatoms. The van der Waals surface area contributed by atoms with Crippen LogP contribution in [-0.2, 0) is 13.6 Å². The molecule has 0 fully saturated rings. The Morgan fingerprint density at radius 3 is 2.62 bits per heavy atom. The summed E-state index contributed by atoms with van der Waals surface area (Å²) in [5.74, 6) is 0. The molecule has 1 rings (SSSR count). The van der Waals surface area contributed by atoms with E-state index in [0.717, 1.165) is 11.3 Å². The van der Waals surface area contributed by atoms with E-state index in [2.05, 4.69) is 10.4 Å². The summed E-state index contributed by atoms with van der Waals surface area (Å²) in [6.45, 7) is 1.56. The second kappa shape index (κ2) is 4.84. The average Bonchev–Trinajstić information content (AvgIpc) is 2.48. The van der Waals surface area contributed by atoms with Crippen LogP contribution in [0.15, 0.2) is 6.20 Å². The molecule has 4 nitrogen and oxygen atoms in total. The first kappa shape index (κ1) is 13.0. The lowest BCUT2D eigenvalue weighted by Gasteiger charge is -2.14. The molecule has 0 amide bonds. The van der Waals surface area contributed by atoms with Crippen LogP contribution in [0.5, 0.6) is 0 Å². The van der Waals surface area contributed by atoms with E-state index in [1.807, 2.05) is 6.92 Å². The van der Waals surface area contributed by atoms with Gasteiger partial charge >= 0.3 is 6.18 Å². The van der Waals surface area contributed by atoms with E-state index in [9.17, 15) is 13.2 Å². The topological polar surface area (TPSA) is 50.1 Å². The second-order valence-corrected chi connectivity index (χ2v) is 3.57. The van der Waals surface area contributed by atoms with Gasteiger partial charge in [0.2, 0.25) is 0 Å². The van der Waals surface area contributed by atoms with Crippen molar-refractivity contribution >= 4 is 0 Å². The number of aliphatic hydroxyl groups is 1. The third-order valence-corrected chi connectivity index (χ3v) is 2.37. The number of nitrogens with zero attached hydrogens (tertiary/aromatic N) is 2. The molecule has 1 aromatic heterocycles. The van der Waals surface area contributed by atoms with Crippen molar-refractivity contribution in [3.8, 4) is 0 Å². The minimum absolute atomic E-state index is 0.257. The van der Waals surface area contributed by atoms with E-state index in [1.54, 1.807) is 17.9 Å². The highest BCUT2D eigenvalue weighted by molar-refractivity contribution is 5.15. The van der Waals surface area contributed by atoms with Crippen LogP contribution < -0.4 is 5.32 Å². The summed E-state index contributed by atoms with van der Waals surface area (Å²) in [6, 6.07) is 0. The largest absolute Gasteiger partial charge is 0.415 e. The fourth-order valence-corrected chi connectivity index (χ4v) is 1.18. The maximum atomic E-state index is 12.0. The molecule has 1 heterocycles. The van der Waals surface area contributed by atoms with Gasteiger partial charge in [0, 0.05) is 31.4 Å². The number of aromatic nitrogens is 2. The molecular formula is C9H14F3N3O. The Kier molecular flexibility index (Phi) is 3.93. The van der Waals surface area contributed by atoms with E-state index < -0.39 is 18.8 Å². The summed E-state index contributed by atoms with van der Waals surface area (Å²) in [6.07, 6.45) is -5.32. The van der Waals surface area contributed by atoms with Gasteiger partial charge < -0.3 is 10.4 Å². The van der Waals surface area contributed by atoms with Crippen molar-refractivity contribution in [1.29, 1.82) is 0 Å². The van der Waals surface area contributed by atoms with Crippen LogP contribution >= 0.6 is 0 Å². The van der Waals surface area contributed by atoms with Crippen LogP contribution in [0, 0.1) is 6.92 Å². The Hall–Kier alpha value is -1.08. The molecular weight excluding hydrogens is 223 g/mol. The lowest BCUT2D eigenvalue weighted by atomic mass is 10.2. The van der Waals surface area contributed by atoms with Gasteiger partial charge in [-0.05, 0) is 6.92 Å². The van der Waals surface area contributed by atoms with Gasteiger partial charge in [-0.2, -0.15) is 18.3 Å². The third kappa shape index (κ3) is 3.21. The number of nitrogens with one attached hydrogen (secondary N) is 1. The quantitative estimate of drug-likeness (QED) is 0.812. The monoisotopic (exact) mass is 237 g/mol. The standard InChI is InChI=1S/C9H14F3N3O/c1-6-7(4-14-15(6)2)3-13-5-8(16)9(10,11)12/h4,8,13,16H,3,5H2,1-2H3. The Morgan fingerprint density at radius 1 is 1.56 bits per heavy atom. The summed E-state index contributed by atoms with van der Waals surface area (Å²) in [5, 5.41) is 15.2. The smallest absolute Gasteiger partial charge is 0.382 e. The number of aliphatic hydroxyl groups excluding tert-OH is 1. The molecule has 2 N–H and O–H groups in total. The molecule has 0 saturated heterocycles. The number of hydrogen-bond donors (Lipinski definition) is 2. The summed E-state index contributed by atoms with van der Waals surface area (Å²) < 4.78 is 37.5. The van der Waals surface area contributed by atoms with Gasteiger partial charge in [-0.15, -0.1) is 0 Å². The summed E-state index contributed by atoms with van der Waals surface area (Å²) >= 11 is 0. The summed E-state index contributed by atoms with van der Waals surface area (Å²) in [4.78, 5) is 0.